The van der Waals surface area contributed by atoms with E-state index in [1.165, 1.54) is 6.21 Å². The molecule has 0 saturated carbocycles. The second kappa shape index (κ2) is 9.12. The summed E-state index contributed by atoms with van der Waals surface area (Å²) in [5.41, 5.74) is 1.85. The third-order valence-electron chi connectivity index (χ3n) is 3.66. The van der Waals surface area contributed by atoms with Crippen LogP contribution in [0.5, 0.6) is 17.2 Å². The molecular formula is C17H16N4O8. The van der Waals surface area contributed by atoms with Gasteiger partial charge in [-0.1, -0.05) is 12.1 Å². The molecular weight excluding hydrogens is 388 g/mol. The number of amides is 1. The molecule has 0 aliphatic rings. The molecule has 152 valence electrons. The Labute approximate surface area is 163 Å². The molecule has 0 atom stereocenters. The van der Waals surface area contributed by atoms with Crippen molar-refractivity contribution in [3.05, 3.63) is 61.7 Å². The van der Waals surface area contributed by atoms with Gasteiger partial charge < -0.3 is 14.6 Å². The number of non-ortho nitro benzene ring substituents is 1. The molecule has 0 aromatic heterocycles. The molecule has 29 heavy (non-hydrogen) atoms. The molecule has 0 fully saturated rings. The Balaban J connectivity index is 2.11. The predicted molar refractivity (Wildman–Crippen MR) is 100 cm³/mol. The summed E-state index contributed by atoms with van der Waals surface area (Å²) in [6.45, 7) is 1.02. The number of nitrogens with zero attached hydrogens (tertiary/aromatic N) is 3. The maximum Gasteiger partial charge on any atom is 0.321 e. The molecule has 0 radical (unpaired) electrons. The number of phenolic OH excluding ortho intramolecular Hbond substituents is 1. The maximum absolute atomic E-state index is 11.9. The topological polar surface area (TPSA) is 166 Å². The second-order valence-corrected chi connectivity index (χ2v) is 5.61. The zero-order valence-electron chi connectivity index (χ0n) is 15.3. The number of hydrazone groups is 1. The van der Waals surface area contributed by atoms with E-state index in [2.05, 4.69) is 10.5 Å². The summed E-state index contributed by atoms with van der Waals surface area (Å²) in [6, 6.07) is 6.62. The summed E-state index contributed by atoms with van der Waals surface area (Å²) in [4.78, 5) is 32.3. The van der Waals surface area contributed by atoms with Crippen molar-refractivity contribution >= 4 is 23.5 Å². The lowest BCUT2D eigenvalue weighted by Gasteiger charge is -2.10. The number of aromatic hydroxyl groups is 1. The lowest BCUT2D eigenvalue weighted by molar-refractivity contribution is -0.394. The highest BCUT2D eigenvalue weighted by Crippen LogP contribution is 2.40. The quantitative estimate of drug-likeness (QED) is 0.383. The molecule has 12 heteroatoms. The molecule has 2 aromatic carbocycles. The first-order valence-electron chi connectivity index (χ1n) is 7.98. The summed E-state index contributed by atoms with van der Waals surface area (Å²) in [7, 11) is 1.15. The van der Waals surface area contributed by atoms with Crippen molar-refractivity contribution in [1.82, 2.24) is 5.43 Å². The van der Waals surface area contributed by atoms with Gasteiger partial charge in [0.2, 0.25) is 5.75 Å². The van der Waals surface area contributed by atoms with Crippen molar-refractivity contribution in [1.29, 1.82) is 0 Å². The number of nitrogens with one attached hydrogen (secondary N) is 1. The number of hydrogen-bond acceptors (Lipinski definition) is 9. The van der Waals surface area contributed by atoms with Crippen LogP contribution in [-0.4, -0.2) is 40.8 Å². The Bertz CT molecular complexity index is 990. The molecule has 2 N–H and O–H groups in total. The SMILES string of the molecule is COc1cc([N+](=O)[O-])cc([N+](=O)[O-])c1OCC(=O)N/N=C\c1cccc(C)c1O. The zero-order chi connectivity index (χ0) is 21.6. The van der Waals surface area contributed by atoms with E-state index >= 15 is 0 Å². The van der Waals surface area contributed by atoms with Crippen molar-refractivity contribution in [2.45, 2.75) is 6.92 Å². The number of hydrogen-bond donors (Lipinski definition) is 2. The van der Waals surface area contributed by atoms with Crippen LogP contribution in [0.3, 0.4) is 0 Å². The molecule has 0 saturated heterocycles. The van der Waals surface area contributed by atoms with Gasteiger partial charge in [-0.2, -0.15) is 5.10 Å². The lowest BCUT2D eigenvalue weighted by Crippen LogP contribution is -2.25. The van der Waals surface area contributed by atoms with Crippen molar-refractivity contribution in [2.24, 2.45) is 5.10 Å². The Kier molecular flexibility index (Phi) is 6.63. The minimum Gasteiger partial charge on any atom is -0.507 e. The number of phenols is 1. The van der Waals surface area contributed by atoms with Crippen LogP contribution in [0, 0.1) is 27.2 Å². The summed E-state index contributed by atoms with van der Waals surface area (Å²) in [5, 5.41) is 35.6. The van der Waals surface area contributed by atoms with Crippen molar-refractivity contribution < 1.29 is 29.2 Å². The first-order chi connectivity index (χ1) is 13.7. The van der Waals surface area contributed by atoms with Crippen molar-refractivity contribution in [3.8, 4) is 17.2 Å². The minimum absolute atomic E-state index is 0.00740. The highest BCUT2D eigenvalue weighted by atomic mass is 16.6. The number of carbonyl (C=O) groups is 1. The maximum atomic E-state index is 11.9. The Hall–Kier alpha value is -4.22. The second-order valence-electron chi connectivity index (χ2n) is 5.61. The number of rotatable bonds is 8. The Morgan fingerprint density at radius 3 is 2.62 bits per heavy atom. The molecule has 12 nitrogen and oxygen atoms in total. The molecule has 0 unspecified atom stereocenters. The Morgan fingerprint density at radius 1 is 1.28 bits per heavy atom. The molecule has 0 bridgehead atoms. The van der Waals surface area contributed by atoms with E-state index in [-0.39, 0.29) is 11.5 Å². The number of para-hydroxylation sites is 1. The average Bonchev–Trinajstić information content (AvgIpc) is 2.68. The van der Waals surface area contributed by atoms with Crippen LogP contribution in [0.25, 0.3) is 0 Å². The third-order valence-corrected chi connectivity index (χ3v) is 3.66. The fourth-order valence-corrected chi connectivity index (χ4v) is 2.24. The van der Waals surface area contributed by atoms with Gasteiger partial charge in [-0.15, -0.1) is 0 Å². The number of methoxy groups -OCH3 is 1. The monoisotopic (exact) mass is 404 g/mol. The first kappa shape index (κ1) is 21.1. The number of ether oxygens (including phenoxy) is 2. The number of nitro groups is 2. The van der Waals surface area contributed by atoms with Crippen LogP contribution < -0.4 is 14.9 Å². The van der Waals surface area contributed by atoms with Crippen LogP contribution in [0.4, 0.5) is 11.4 Å². The van der Waals surface area contributed by atoms with Gasteiger partial charge in [0, 0.05) is 5.56 Å². The smallest absolute Gasteiger partial charge is 0.321 e. The van der Waals surface area contributed by atoms with Gasteiger partial charge >= 0.3 is 5.69 Å². The first-order valence-corrected chi connectivity index (χ1v) is 7.98. The summed E-state index contributed by atoms with van der Waals surface area (Å²) < 4.78 is 10.0. The zero-order valence-corrected chi connectivity index (χ0v) is 15.3. The minimum atomic E-state index is -0.887. The molecule has 2 aromatic rings. The van der Waals surface area contributed by atoms with Crippen LogP contribution in [0.2, 0.25) is 0 Å². The lowest BCUT2D eigenvalue weighted by atomic mass is 10.1. The van der Waals surface area contributed by atoms with Gasteiger partial charge in [-0.25, -0.2) is 5.43 Å². The van der Waals surface area contributed by atoms with Gasteiger partial charge in [0.25, 0.3) is 11.6 Å². The van der Waals surface area contributed by atoms with Crippen LogP contribution >= 0.6 is 0 Å². The third kappa shape index (κ3) is 5.15. The van der Waals surface area contributed by atoms with E-state index in [9.17, 15) is 30.1 Å². The fourth-order valence-electron chi connectivity index (χ4n) is 2.24. The van der Waals surface area contributed by atoms with Crippen molar-refractivity contribution in [3.63, 3.8) is 0 Å². The van der Waals surface area contributed by atoms with E-state index in [1.54, 1.807) is 25.1 Å². The predicted octanol–water partition coefficient (Wildman–Crippen LogP) is 2.05. The number of benzene rings is 2. The van der Waals surface area contributed by atoms with Crippen LogP contribution in [-0.2, 0) is 4.79 Å². The largest absolute Gasteiger partial charge is 0.507 e. The van der Waals surface area contributed by atoms with Gasteiger partial charge in [0.05, 0.1) is 35.3 Å². The van der Waals surface area contributed by atoms with E-state index in [4.69, 9.17) is 9.47 Å². The fraction of sp³-hybridized carbons (Fsp3) is 0.176. The van der Waals surface area contributed by atoms with Crippen LogP contribution in [0.1, 0.15) is 11.1 Å². The summed E-state index contributed by atoms with van der Waals surface area (Å²) >= 11 is 0. The standard InChI is InChI=1S/C17H16N4O8/c1-10-4-3-5-11(16(10)23)8-18-19-15(22)9-29-17-13(21(26)27)6-12(20(24)25)7-14(17)28-2/h3-8,23H,9H2,1-2H3,(H,19,22)/b18-8-. The summed E-state index contributed by atoms with van der Waals surface area (Å²) in [5.74, 6) is -1.46. The van der Waals surface area contributed by atoms with E-state index in [0.717, 1.165) is 13.2 Å². The highest BCUT2D eigenvalue weighted by molar-refractivity contribution is 5.86. The van der Waals surface area contributed by atoms with Crippen molar-refractivity contribution in [2.75, 3.05) is 13.7 Å². The average molecular weight is 404 g/mol. The Morgan fingerprint density at radius 2 is 2.00 bits per heavy atom. The number of aryl methyl sites for hydroxylation is 1. The van der Waals surface area contributed by atoms with Gasteiger partial charge in [0.15, 0.2) is 12.4 Å². The molecule has 0 heterocycles. The molecule has 0 spiro atoms. The normalized spacial score (nSPS) is 10.6. The van der Waals surface area contributed by atoms with E-state index in [1.807, 2.05) is 0 Å². The van der Waals surface area contributed by atoms with Gasteiger partial charge in [0.1, 0.15) is 5.75 Å². The van der Waals surface area contributed by atoms with Gasteiger partial charge in [-0.05, 0) is 18.6 Å². The molecule has 0 aliphatic carbocycles. The molecule has 2 rings (SSSR count). The van der Waals surface area contributed by atoms with E-state index < -0.39 is 39.5 Å². The van der Waals surface area contributed by atoms with E-state index in [0.29, 0.717) is 17.2 Å². The highest BCUT2D eigenvalue weighted by Gasteiger charge is 2.27. The number of carbonyl (C=O) groups excluding carboxylic acids is 1. The molecule has 0 aliphatic heterocycles. The molecule has 1 amide bonds. The number of nitro benzene ring substituents is 2. The van der Waals surface area contributed by atoms with Gasteiger partial charge in [-0.3, -0.25) is 25.0 Å². The van der Waals surface area contributed by atoms with Crippen LogP contribution in [0.15, 0.2) is 35.4 Å². The summed E-state index contributed by atoms with van der Waals surface area (Å²) in [6.07, 6.45) is 1.22.